The third-order valence-corrected chi connectivity index (χ3v) is 2.98. The molecule has 1 heterocycles. The van der Waals surface area contributed by atoms with Crippen LogP contribution in [0.4, 0.5) is 0 Å². The van der Waals surface area contributed by atoms with Gasteiger partial charge in [-0.15, -0.1) is 0 Å². The molecule has 5 heteroatoms. The summed E-state index contributed by atoms with van der Waals surface area (Å²) in [4.78, 5) is 11.4. The summed E-state index contributed by atoms with van der Waals surface area (Å²) in [6, 6.07) is 2.28. The second kappa shape index (κ2) is 6.10. The van der Waals surface area contributed by atoms with E-state index >= 15 is 0 Å². The minimum absolute atomic E-state index is 0.159. The number of hydrogen-bond donors (Lipinski definition) is 3. The maximum Gasteiger partial charge on any atom is 0.269 e. The zero-order chi connectivity index (χ0) is 14.5. The van der Waals surface area contributed by atoms with E-state index in [1.807, 2.05) is 26.1 Å². The van der Waals surface area contributed by atoms with Crippen LogP contribution in [-0.4, -0.2) is 13.0 Å². The van der Waals surface area contributed by atoms with E-state index in [9.17, 15) is 4.79 Å². The number of allylic oxidation sites excluding steroid dienone is 3. The van der Waals surface area contributed by atoms with Crippen LogP contribution in [0.1, 0.15) is 26.7 Å². The van der Waals surface area contributed by atoms with Gasteiger partial charge >= 0.3 is 0 Å². The number of dihydropyridines is 1. The maximum atomic E-state index is 11.4. The van der Waals surface area contributed by atoms with E-state index in [4.69, 9.17) is 11.0 Å². The van der Waals surface area contributed by atoms with Crippen LogP contribution in [0.15, 0.2) is 35.3 Å². The average molecular weight is 260 g/mol. The van der Waals surface area contributed by atoms with Crippen LogP contribution in [0.5, 0.6) is 0 Å². The molecule has 0 aromatic heterocycles. The molecule has 0 aliphatic carbocycles. The van der Waals surface area contributed by atoms with Gasteiger partial charge in [0.15, 0.2) is 0 Å². The molecule has 0 fully saturated rings. The van der Waals surface area contributed by atoms with Crippen LogP contribution in [0.3, 0.4) is 0 Å². The average Bonchev–Trinajstić information content (AvgIpc) is 2.44. The van der Waals surface area contributed by atoms with Crippen LogP contribution in [0, 0.1) is 16.7 Å². The Morgan fingerprint density at radius 2 is 2.21 bits per heavy atom. The maximum absolute atomic E-state index is 11.4. The monoisotopic (exact) mass is 260 g/mol. The number of nitrogens with zero attached hydrogens (tertiary/aromatic N) is 1. The summed E-state index contributed by atoms with van der Waals surface area (Å²) in [5, 5.41) is 14.4. The van der Waals surface area contributed by atoms with Gasteiger partial charge < -0.3 is 16.4 Å². The van der Waals surface area contributed by atoms with Crippen LogP contribution in [-0.2, 0) is 4.79 Å². The van der Waals surface area contributed by atoms with E-state index < -0.39 is 0 Å². The van der Waals surface area contributed by atoms with E-state index in [0.29, 0.717) is 5.70 Å². The van der Waals surface area contributed by atoms with E-state index in [0.717, 1.165) is 18.4 Å². The Kier molecular flexibility index (Phi) is 4.76. The normalized spacial score (nSPS) is 17.1. The number of nitrogens with two attached hydrogens (primary N) is 1. The lowest BCUT2D eigenvalue weighted by Crippen LogP contribution is -2.29. The predicted molar refractivity (Wildman–Crippen MR) is 74.3 cm³/mol. The van der Waals surface area contributed by atoms with Crippen molar-refractivity contribution < 1.29 is 4.79 Å². The van der Waals surface area contributed by atoms with Gasteiger partial charge in [-0.2, -0.15) is 5.26 Å². The zero-order valence-corrected chi connectivity index (χ0v) is 11.6. The number of carbonyl (C=O) groups excluding carboxylic acids is 1. The zero-order valence-electron chi connectivity index (χ0n) is 11.6. The Hall–Kier alpha value is -2.22. The number of likely N-dealkylation sites (N-methyl/N-ethyl adjacent to an activating group) is 1. The van der Waals surface area contributed by atoms with Crippen molar-refractivity contribution in [2.24, 2.45) is 11.1 Å². The van der Waals surface area contributed by atoms with Crippen molar-refractivity contribution in [3.05, 3.63) is 35.3 Å². The Morgan fingerprint density at radius 1 is 1.53 bits per heavy atom. The van der Waals surface area contributed by atoms with Crippen LogP contribution in [0.25, 0.3) is 0 Å². The summed E-state index contributed by atoms with van der Waals surface area (Å²) in [6.07, 6.45) is 7.09. The van der Waals surface area contributed by atoms with Gasteiger partial charge in [0, 0.05) is 13.2 Å². The van der Waals surface area contributed by atoms with Gasteiger partial charge in [0.05, 0.1) is 17.2 Å². The molecule has 0 radical (unpaired) electrons. The molecule has 0 bridgehead atoms. The number of nitrogens with one attached hydrogen (secondary N) is 2. The van der Waals surface area contributed by atoms with Gasteiger partial charge in [0.25, 0.3) is 5.91 Å². The SMILES string of the molecule is CNC(=O)/C(N)=C1\C=CC(CCC(C)(C)C#N)=CN1. The number of nitriles is 1. The van der Waals surface area contributed by atoms with Gasteiger partial charge in [0.1, 0.15) is 5.70 Å². The molecule has 0 aromatic rings. The molecule has 5 nitrogen and oxygen atoms in total. The number of amides is 1. The second-order valence-electron chi connectivity index (χ2n) is 5.10. The molecule has 19 heavy (non-hydrogen) atoms. The summed E-state index contributed by atoms with van der Waals surface area (Å²) < 4.78 is 0. The van der Waals surface area contributed by atoms with E-state index in [1.54, 1.807) is 6.08 Å². The fourth-order valence-corrected chi connectivity index (χ4v) is 1.55. The molecule has 1 aliphatic heterocycles. The largest absolute Gasteiger partial charge is 0.393 e. The first-order valence-corrected chi connectivity index (χ1v) is 6.16. The van der Waals surface area contributed by atoms with E-state index in [2.05, 4.69) is 16.7 Å². The Labute approximate surface area is 113 Å². The molecule has 1 rings (SSSR count). The number of rotatable bonds is 4. The minimum atomic E-state index is -0.327. The standard InChI is InChI=1S/C14H20N4O/c1-14(2,9-15)7-6-10-4-5-11(18-8-10)12(16)13(19)17-3/h4-5,8,18H,6-7,16H2,1-3H3,(H,17,19)/b12-11-. The first-order chi connectivity index (χ1) is 8.89. The highest BCUT2D eigenvalue weighted by Gasteiger charge is 2.17. The van der Waals surface area contributed by atoms with Crippen molar-refractivity contribution in [1.29, 1.82) is 5.26 Å². The van der Waals surface area contributed by atoms with Gasteiger partial charge in [-0.25, -0.2) is 0 Å². The van der Waals surface area contributed by atoms with Crippen LogP contribution < -0.4 is 16.4 Å². The third kappa shape index (κ3) is 4.18. The van der Waals surface area contributed by atoms with Gasteiger partial charge in [0.2, 0.25) is 0 Å². The highest BCUT2D eigenvalue weighted by atomic mass is 16.1. The molecule has 0 atom stereocenters. The van der Waals surface area contributed by atoms with E-state index in [-0.39, 0.29) is 17.0 Å². The molecular formula is C14H20N4O. The summed E-state index contributed by atoms with van der Waals surface area (Å²) in [7, 11) is 1.54. The quantitative estimate of drug-likeness (QED) is 0.664. The van der Waals surface area contributed by atoms with Crippen molar-refractivity contribution in [3.63, 3.8) is 0 Å². The first kappa shape index (κ1) is 14.8. The van der Waals surface area contributed by atoms with Crippen molar-refractivity contribution in [2.45, 2.75) is 26.7 Å². The van der Waals surface area contributed by atoms with Gasteiger partial charge in [-0.05, 0) is 38.3 Å². The third-order valence-electron chi connectivity index (χ3n) is 2.98. The highest BCUT2D eigenvalue weighted by Crippen LogP contribution is 2.24. The molecule has 1 amide bonds. The van der Waals surface area contributed by atoms with E-state index in [1.165, 1.54) is 7.05 Å². The lowest BCUT2D eigenvalue weighted by molar-refractivity contribution is -0.117. The van der Waals surface area contributed by atoms with Crippen LogP contribution >= 0.6 is 0 Å². The Morgan fingerprint density at radius 3 is 2.68 bits per heavy atom. The van der Waals surface area contributed by atoms with Crippen molar-refractivity contribution in [3.8, 4) is 6.07 Å². The summed E-state index contributed by atoms with van der Waals surface area (Å²) in [6.45, 7) is 3.84. The first-order valence-electron chi connectivity index (χ1n) is 6.16. The van der Waals surface area contributed by atoms with Crippen molar-refractivity contribution in [2.75, 3.05) is 7.05 Å². The smallest absolute Gasteiger partial charge is 0.269 e. The Bertz CT molecular complexity index is 492. The molecule has 0 aromatic carbocycles. The molecular weight excluding hydrogens is 240 g/mol. The topological polar surface area (TPSA) is 90.9 Å². The lowest BCUT2D eigenvalue weighted by Gasteiger charge is -2.17. The summed E-state index contributed by atoms with van der Waals surface area (Å²) in [5.74, 6) is -0.311. The predicted octanol–water partition coefficient (Wildman–Crippen LogP) is 1.28. The Balaban J connectivity index is 2.64. The lowest BCUT2D eigenvalue weighted by atomic mass is 9.88. The van der Waals surface area contributed by atoms with Crippen molar-refractivity contribution >= 4 is 5.91 Å². The number of hydrogen-bond acceptors (Lipinski definition) is 4. The second-order valence-corrected chi connectivity index (χ2v) is 5.10. The molecule has 0 unspecified atom stereocenters. The summed E-state index contributed by atoms with van der Waals surface area (Å²) >= 11 is 0. The van der Waals surface area contributed by atoms with Crippen LogP contribution in [0.2, 0.25) is 0 Å². The molecule has 0 saturated heterocycles. The molecule has 102 valence electrons. The van der Waals surface area contributed by atoms with Gasteiger partial charge in [-0.1, -0.05) is 6.08 Å². The number of carbonyl (C=O) groups is 1. The fraction of sp³-hybridized carbons (Fsp3) is 0.429. The molecule has 4 N–H and O–H groups in total. The van der Waals surface area contributed by atoms with Crippen molar-refractivity contribution in [1.82, 2.24) is 10.6 Å². The molecule has 0 saturated carbocycles. The minimum Gasteiger partial charge on any atom is -0.393 e. The summed E-state index contributed by atoms with van der Waals surface area (Å²) in [5.41, 5.74) is 7.19. The fourth-order valence-electron chi connectivity index (χ4n) is 1.55. The van der Waals surface area contributed by atoms with Gasteiger partial charge in [-0.3, -0.25) is 4.79 Å². The highest BCUT2D eigenvalue weighted by molar-refractivity contribution is 5.93. The molecule has 1 aliphatic rings. The molecule has 0 spiro atoms.